The van der Waals surface area contributed by atoms with Crippen LogP contribution in [0.4, 0.5) is 4.79 Å². The molecule has 38 heavy (non-hydrogen) atoms. The van der Waals surface area contributed by atoms with Crippen LogP contribution in [-0.2, 0) is 25.5 Å². The Balaban J connectivity index is 1.35. The van der Waals surface area contributed by atoms with Gasteiger partial charge in [0.2, 0.25) is 11.8 Å². The third-order valence-electron chi connectivity index (χ3n) is 8.35. The first-order chi connectivity index (χ1) is 17.9. The molecule has 3 N–H and O–H groups in total. The van der Waals surface area contributed by atoms with Crippen LogP contribution in [0, 0.1) is 23.2 Å². The summed E-state index contributed by atoms with van der Waals surface area (Å²) < 4.78 is 5.34. The Kier molecular flexibility index (Phi) is 8.48. The first-order valence-corrected chi connectivity index (χ1v) is 14.0. The van der Waals surface area contributed by atoms with E-state index >= 15 is 0 Å². The summed E-state index contributed by atoms with van der Waals surface area (Å²) in [5, 5.41) is 8.24. The highest BCUT2D eigenvalue weighted by molar-refractivity contribution is 5.92. The lowest BCUT2D eigenvalue weighted by atomic mass is 9.48. The van der Waals surface area contributed by atoms with Crippen LogP contribution >= 0.6 is 0 Å². The Labute approximate surface area is 226 Å². The van der Waals surface area contributed by atoms with Crippen molar-refractivity contribution in [2.24, 2.45) is 23.2 Å². The predicted molar refractivity (Wildman–Crippen MR) is 144 cm³/mol. The van der Waals surface area contributed by atoms with Crippen LogP contribution < -0.4 is 16.0 Å². The molecule has 5 rings (SSSR count). The molecule has 1 aromatic rings. The van der Waals surface area contributed by atoms with E-state index in [2.05, 4.69) is 16.0 Å². The minimum absolute atomic E-state index is 0.151. The minimum atomic E-state index is -0.934. The van der Waals surface area contributed by atoms with E-state index in [0.717, 1.165) is 48.9 Å². The second kappa shape index (κ2) is 11.5. The van der Waals surface area contributed by atoms with E-state index in [0.29, 0.717) is 6.42 Å². The first kappa shape index (κ1) is 28.1. The Bertz CT molecular complexity index is 983. The van der Waals surface area contributed by atoms with Gasteiger partial charge in [-0.1, -0.05) is 30.3 Å². The zero-order chi connectivity index (χ0) is 27.5. The summed E-state index contributed by atoms with van der Waals surface area (Å²) in [6.45, 7) is 6.83. The monoisotopic (exact) mass is 525 g/mol. The van der Waals surface area contributed by atoms with Crippen molar-refractivity contribution in [2.45, 2.75) is 103 Å². The molecule has 3 amide bonds. The number of amides is 3. The highest BCUT2D eigenvalue weighted by atomic mass is 16.6. The number of carbonyl (C=O) groups excluding carboxylic acids is 4. The van der Waals surface area contributed by atoms with Crippen molar-refractivity contribution in [2.75, 3.05) is 0 Å². The number of hydrogen-bond acceptors (Lipinski definition) is 5. The molecule has 4 aliphatic carbocycles. The topological polar surface area (TPSA) is 114 Å². The van der Waals surface area contributed by atoms with Gasteiger partial charge in [-0.2, -0.15) is 0 Å². The zero-order valence-corrected chi connectivity index (χ0v) is 23.1. The zero-order valence-electron chi connectivity index (χ0n) is 23.1. The fourth-order valence-electron chi connectivity index (χ4n) is 7.34. The summed E-state index contributed by atoms with van der Waals surface area (Å²) >= 11 is 0. The summed E-state index contributed by atoms with van der Waals surface area (Å²) in [5.74, 6) is 1.39. The molecule has 208 valence electrons. The molecule has 0 aromatic heterocycles. The highest BCUT2D eigenvalue weighted by Gasteiger charge is 2.51. The molecule has 8 heteroatoms. The van der Waals surface area contributed by atoms with Crippen molar-refractivity contribution in [1.29, 1.82) is 0 Å². The van der Waals surface area contributed by atoms with Gasteiger partial charge in [-0.05, 0) is 101 Å². The van der Waals surface area contributed by atoms with Gasteiger partial charge in [0.05, 0.1) is 6.04 Å². The Morgan fingerprint density at radius 3 is 2.05 bits per heavy atom. The number of carbonyl (C=O) groups is 4. The quantitative estimate of drug-likeness (QED) is 0.401. The maximum Gasteiger partial charge on any atom is 0.408 e. The summed E-state index contributed by atoms with van der Waals surface area (Å²) in [4.78, 5) is 50.6. The molecule has 1 aromatic carbocycles. The van der Waals surface area contributed by atoms with Gasteiger partial charge in [-0.25, -0.2) is 4.79 Å². The fraction of sp³-hybridized carbons (Fsp3) is 0.667. The highest BCUT2D eigenvalue weighted by Crippen LogP contribution is 2.61. The van der Waals surface area contributed by atoms with E-state index in [1.807, 2.05) is 30.3 Å². The fourth-order valence-corrected chi connectivity index (χ4v) is 7.34. The molecule has 4 bridgehead atoms. The second-order valence-electron chi connectivity index (χ2n) is 13.0. The number of alkyl carbamates (subject to hydrolysis) is 1. The second-order valence-corrected chi connectivity index (χ2v) is 13.0. The Hall–Kier alpha value is -2.90. The lowest BCUT2D eigenvalue weighted by molar-refractivity contribution is -0.131. The van der Waals surface area contributed by atoms with Gasteiger partial charge in [0.25, 0.3) is 0 Å². The maximum atomic E-state index is 13.2. The van der Waals surface area contributed by atoms with Crippen molar-refractivity contribution >= 4 is 24.2 Å². The van der Waals surface area contributed by atoms with Gasteiger partial charge in [-0.15, -0.1) is 0 Å². The third kappa shape index (κ3) is 7.35. The SMILES string of the molecule is C[C@H](NC(=O)[C@H](Cc1ccccc1)NC(=O)OC(C)(C)C)C(=O)N[C@H](C=O)CC12CC3CC(CC(C3)C1)C2. The van der Waals surface area contributed by atoms with Crippen molar-refractivity contribution in [3.8, 4) is 0 Å². The van der Waals surface area contributed by atoms with Crippen molar-refractivity contribution < 1.29 is 23.9 Å². The molecule has 4 aliphatic rings. The summed E-state index contributed by atoms with van der Waals surface area (Å²) in [6, 6.07) is 6.95. The summed E-state index contributed by atoms with van der Waals surface area (Å²) in [7, 11) is 0. The average Bonchev–Trinajstić information content (AvgIpc) is 2.81. The molecule has 0 radical (unpaired) electrons. The predicted octanol–water partition coefficient (Wildman–Crippen LogP) is 3.92. The molecule has 4 fully saturated rings. The molecule has 0 heterocycles. The van der Waals surface area contributed by atoms with E-state index in [4.69, 9.17) is 4.74 Å². The van der Waals surface area contributed by atoms with Gasteiger partial charge in [-0.3, -0.25) is 9.59 Å². The number of rotatable bonds is 10. The largest absolute Gasteiger partial charge is 0.444 e. The molecule has 0 spiro atoms. The van der Waals surface area contributed by atoms with Crippen LogP contribution in [-0.4, -0.2) is 47.9 Å². The standard InChI is InChI=1S/C30H43N3O5/c1-19(26(35)32-24(18-34)17-30-14-21-10-22(15-30)12-23(11-21)16-30)31-27(36)25(13-20-8-6-5-7-9-20)33-28(37)38-29(2,3)4/h5-9,18-19,21-25H,10-17H2,1-4H3,(H,31,36)(H,32,35)(H,33,37)/t19-,21?,22?,23?,24-,25-,30?/m0/s1. The molecule has 3 atom stereocenters. The maximum absolute atomic E-state index is 13.2. The summed E-state index contributed by atoms with van der Waals surface area (Å²) in [6.07, 6.45) is 8.47. The molecular formula is C30H43N3O5. The molecule has 0 unspecified atom stereocenters. The Morgan fingerprint density at radius 1 is 0.947 bits per heavy atom. The van der Waals surface area contributed by atoms with Gasteiger partial charge in [0.1, 0.15) is 24.0 Å². The van der Waals surface area contributed by atoms with Crippen molar-refractivity contribution in [3.63, 3.8) is 0 Å². The normalized spacial score (nSPS) is 28.1. The van der Waals surface area contributed by atoms with Crippen LogP contribution in [0.3, 0.4) is 0 Å². The lowest BCUT2D eigenvalue weighted by Crippen LogP contribution is -2.56. The van der Waals surface area contributed by atoms with Crippen LogP contribution in [0.5, 0.6) is 0 Å². The van der Waals surface area contributed by atoms with Crippen molar-refractivity contribution in [3.05, 3.63) is 35.9 Å². The molecule has 4 saturated carbocycles. The van der Waals surface area contributed by atoms with Gasteiger partial charge in [0, 0.05) is 6.42 Å². The molecular weight excluding hydrogens is 482 g/mol. The van der Waals surface area contributed by atoms with Gasteiger partial charge >= 0.3 is 6.09 Å². The van der Waals surface area contributed by atoms with E-state index in [9.17, 15) is 19.2 Å². The van der Waals surface area contributed by atoms with Crippen LogP contribution in [0.1, 0.15) is 78.2 Å². The number of aldehydes is 1. The Morgan fingerprint density at radius 2 is 1.53 bits per heavy atom. The molecule has 8 nitrogen and oxygen atoms in total. The van der Waals surface area contributed by atoms with E-state index in [1.54, 1.807) is 27.7 Å². The van der Waals surface area contributed by atoms with Gasteiger partial charge in [0.15, 0.2) is 0 Å². The molecule has 0 saturated heterocycles. The number of benzene rings is 1. The van der Waals surface area contributed by atoms with Crippen LogP contribution in [0.15, 0.2) is 30.3 Å². The van der Waals surface area contributed by atoms with E-state index in [1.165, 1.54) is 19.3 Å². The smallest absolute Gasteiger partial charge is 0.408 e. The average molecular weight is 526 g/mol. The van der Waals surface area contributed by atoms with E-state index in [-0.39, 0.29) is 11.8 Å². The third-order valence-corrected chi connectivity index (χ3v) is 8.35. The van der Waals surface area contributed by atoms with Crippen molar-refractivity contribution in [1.82, 2.24) is 16.0 Å². The molecule has 0 aliphatic heterocycles. The summed E-state index contributed by atoms with van der Waals surface area (Å²) in [5.41, 5.74) is 0.293. The lowest BCUT2D eigenvalue weighted by Gasteiger charge is -2.57. The number of ether oxygens (including phenoxy) is 1. The first-order valence-electron chi connectivity index (χ1n) is 14.0. The van der Waals surface area contributed by atoms with Gasteiger partial charge < -0.3 is 25.5 Å². The minimum Gasteiger partial charge on any atom is -0.444 e. The van der Waals surface area contributed by atoms with Crippen LogP contribution in [0.2, 0.25) is 0 Å². The number of hydrogen-bond donors (Lipinski definition) is 3. The van der Waals surface area contributed by atoms with Crippen LogP contribution in [0.25, 0.3) is 0 Å². The number of nitrogens with one attached hydrogen (secondary N) is 3. The van der Waals surface area contributed by atoms with E-state index < -0.39 is 41.6 Å².